The SMILES string of the molecule is C=NCc1cc(F)c(-n2cc(C3CC(C)(C)OC(C)(C)C3)nc2-c2ccccc2OC)c(F)c1. The van der Waals surface area contributed by atoms with Crippen LogP contribution in [0.4, 0.5) is 8.78 Å². The molecule has 7 heteroatoms. The maximum atomic E-state index is 15.3. The third kappa shape index (κ3) is 4.75. The minimum atomic E-state index is -0.689. The maximum absolute atomic E-state index is 15.3. The molecule has 0 spiro atoms. The Bertz CT molecular complexity index is 1180. The van der Waals surface area contributed by atoms with E-state index in [4.69, 9.17) is 14.5 Å². The van der Waals surface area contributed by atoms with Crippen molar-refractivity contribution in [2.75, 3.05) is 7.11 Å². The Morgan fingerprint density at radius 3 is 2.32 bits per heavy atom. The van der Waals surface area contributed by atoms with Crippen LogP contribution in [0.5, 0.6) is 5.75 Å². The molecule has 0 atom stereocenters. The van der Waals surface area contributed by atoms with Crippen LogP contribution >= 0.6 is 0 Å². The van der Waals surface area contributed by atoms with E-state index in [1.165, 1.54) is 16.7 Å². The summed E-state index contributed by atoms with van der Waals surface area (Å²) in [6.07, 6.45) is 3.23. The first-order valence-electron chi connectivity index (χ1n) is 11.4. The average molecular weight is 468 g/mol. The Morgan fingerprint density at radius 2 is 1.74 bits per heavy atom. The van der Waals surface area contributed by atoms with Crippen molar-refractivity contribution in [3.8, 4) is 22.8 Å². The monoisotopic (exact) mass is 467 g/mol. The highest BCUT2D eigenvalue weighted by Gasteiger charge is 2.41. The summed E-state index contributed by atoms with van der Waals surface area (Å²) in [6, 6.07) is 9.92. The van der Waals surface area contributed by atoms with E-state index in [9.17, 15) is 0 Å². The van der Waals surface area contributed by atoms with Crippen LogP contribution in [-0.2, 0) is 11.3 Å². The van der Waals surface area contributed by atoms with E-state index < -0.39 is 11.6 Å². The summed E-state index contributed by atoms with van der Waals surface area (Å²) >= 11 is 0. The summed E-state index contributed by atoms with van der Waals surface area (Å²) in [5.74, 6) is -0.328. The van der Waals surface area contributed by atoms with Gasteiger partial charge in [0, 0.05) is 12.1 Å². The van der Waals surface area contributed by atoms with Crippen molar-refractivity contribution >= 4 is 6.72 Å². The Hall–Kier alpha value is -3.06. The zero-order chi connectivity index (χ0) is 24.7. The molecule has 1 saturated heterocycles. The highest BCUT2D eigenvalue weighted by molar-refractivity contribution is 5.67. The smallest absolute Gasteiger partial charge is 0.150 e. The van der Waals surface area contributed by atoms with Crippen molar-refractivity contribution in [3.05, 3.63) is 65.5 Å². The first-order valence-corrected chi connectivity index (χ1v) is 11.4. The van der Waals surface area contributed by atoms with Gasteiger partial charge in [-0.2, -0.15) is 0 Å². The second kappa shape index (κ2) is 8.95. The third-order valence-electron chi connectivity index (χ3n) is 6.13. The van der Waals surface area contributed by atoms with Crippen molar-refractivity contribution in [2.24, 2.45) is 4.99 Å². The molecule has 0 N–H and O–H groups in total. The van der Waals surface area contributed by atoms with Gasteiger partial charge in [0.1, 0.15) is 17.3 Å². The zero-order valence-corrected chi connectivity index (χ0v) is 20.4. The molecule has 0 amide bonds. The van der Waals surface area contributed by atoms with Gasteiger partial charge in [0.25, 0.3) is 0 Å². The minimum absolute atomic E-state index is 0.0591. The highest BCUT2D eigenvalue weighted by atomic mass is 19.1. The Labute approximate surface area is 199 Å². The second-order valence-electron chi connectivity index (χ2n) is 10.1. The van der Waals surface area contributed by atoms with E-state index in [0.717, 1.165) is 18.5 Å². The van der Waals surface area contributed by atoms with Gasteiger partial charge in [-0.1, -0.05) is 12.1 Å². The van der Waals surface area contributed by atoms with Crippen LogP contribution in [0.2, 0.25) is 0 Å². The van der Waals surface area contributed by atoms with Gasteiger partial charge < -0.3 is 9.47 Å². The van der Waals surface area contributed by atoms with Crippen LogP contribution in [0.3, 0.4) is 0 Å². The first-order chi connectivity index (χ1) is 16.0. The van der Waals surface area contributed by atoms with Gasteiger partial charge in [-0.15, -0.1) is 0 Å². The lowest BCUT2D eigenvalue weighted by atomic mass is 9.79. The molecular weight excluding hydrogens is 436 g/mol. The number of nitrogens with zero attached hydrogens (tertiary/aromatic N) is 3. The van der Waals surface area contributed by atoms with Gasteiger partial charge in [0.05, 0.1) is 36.1 Å². The Balaban J connectivity index is 1.91. The van der Waals surface area contributed by atoms with Crippen LogP contribution in [0, 0.1) is 11.6 Å². The molecule has 0 unspecified atom stereocenters. The van der Waals surface area contributed by atoms with Crippen LogP contribution < -0.4 is 4.74 Å². The summed E-state index contributed by atoms with van der Waals surface area (Å²) in [7, 11) is 1.56. The van der Waals surface area contributed by atoms with Gasteiger partial charge >= 0.3 is 0 Å². The number of ether oxygens (including phenoxy) is 2. The number of methoxy groups -OCH3 is 1. The number of hydrogen-bond donors (Lipinski definition) is 0. The number of rotatable bonds is 6. The maximum Gasteiger partial charge on any atom is 0.150 e. The molecule has 1 fully saturated rings. The highest BCUT2D eigenvalue weighted by Crippen LogP contribution is 2.44. The number of hydrogen-bond acceptors (Lipinski definition) is 4. The normalized spacial score (nSPS) is 17.5. The molecule has 1 aliphatic heterocycles. The summed E-state index contributed by atoms with van der Waals surface area (Å²) < 4.78 is 43.9. The lowest BCUT2D eigenvalue weighted by molar-refractivity contribution is -0.162. The summed E-state index contributed by atoms with van der Waals surface area (Å²) in [6.45, 7) is 11.8. The summed E-state index contributed by atoms with van der Waals surface area (Å²) in [5, 5.41) is 0. The summed E-state index contributed by atoms with van der Waals surface area (Å²) in [5.41, 5.74) is 0.949. The molecule has 2 aromatic carbocycles. The molecule has 5 nitrogen and oxygen atoms in total. The second-order valence-corrected chi connectivity index (χ2v) is 10.1. The standard InChI is InChI=1S/C27H31F2N3O2/c1-26(2)13-18(14-27(3,4)34-26)22-16-32(24-20(28)11-17(15-30-5)12-21(24)29)25(31-22)19-9-7-8-10-23(19)33-6/h7-12,16,18H,5,13-15H2,1-4,6H3. The van der Waals surface area contributed by atoms with E-state index in [-0.39, 0.29) is 29.4 Å². The molecule has 0 saturated carbocycles. The minimum Gasteiger partial charge on any atom is -0.496 e. The molecule has 34 heavy (non-hydrogen) atoms. The summed E-state index contributed by atoms with van der Waals surface area (Å²) in [4.78, 5) is 8.67. The van der Waals surface area contributed by atoms with E-state index in [1.54, 1.807) is 19.4 Å². The van der Waals surface area contributed by atoms with Gasteiger partial charge in [0.15, 0.2) is 11.6 Å². The van der Waals surface area contributed by atoms with Crippen molar-refractivity contribution < 1.29 is 18.3 Å². The lowest BCUT2D eigenvalue weighted by Gasteiger charge is -2.45. The fourth-order valence-electron chi connectivity index (χ4n) is 5.15. The number of aromatic nitrogens is 2. The third-order valence-corrected chi connectivity index (χ3v) is 6.13. The number of benzene rings is 2. The molecule has 0 radical (unpaired) electrons. The number of imidazole rings is 1. The van der Waals surface area contributed by atoms with Gasteiger partial charge in [-0.3, -0.25) is 9.56 Å². The van der Waals surface area contributed by atoms with Crippen LogP contribution in [0.1, 0.15) is 57.7 Å². The fourth-order valence-corrected chi connectivity index (χ4v) is 5.15. The van der Waals surface area contributed by atoms with Gasteiger partial charge in [-0.05, 0) is 77.1 Å². The molecule has 0 bridgehead atoms. The van der Waals surface area contributed by atoms with Crippen molar-refractivity contribution in [1.82, 2.24) is 9.55 Å². The number of halogens is 2. The van der Waals surface area contributed by atoms with Crippen LogP contribution in [0.25, 0.3) is 17.1 Å². The zero-order valence-electron chi connectivity index (χ0n) is 20.4. The quantitative estimate of drug-likeness (QED) is 0.390. The van der Waals surface area contributed by atoms with Crippen LogP contribution in [0.15, 0.2) is 47.6 Å². The average Bonchev–Trinajstić information content (AvgIpc) is 3.16. The van der Waals surface area contributed by atoms with Gasteiger partial charge in [-0.25, -0.2) is 13.8 Å². The lowest BCUT2D eigenvalue weighted by Crippen LogP contribution is -2.44. The molecule has 4 rings (SSSR count). The van der Waals surface area contributed by atoms with Crippen molar-refractivity contribution in [3.63, 3.8) is 0 Å². The molecule has 3 aromatic rings. The molecule has 1 aliphatic rings. The van der Waals surface area contributed by atoms with E-state index in [0.29, 0.717) is 22.7 Å². The van der Waals surface area contributed by atoms with Crippen LogP contribution in [-0.4, -0.2) is 34.6 Å². The molecular formula is C27H31F2N3O2. The van der Waals surface area contributed by atoms with Crippen molar-refractivity contribution in [2.45, 2.75) is 64.2 Å². The largest absolute Gasteiger partial charge is 0.496 e. The number of aliphatic imine (C=N–C) groups is 1. The first kappa shape index (κ1) is 24.1. The predicted octanol–water partition coefficient (Wildman–Crippen LogP) is 6.48. The number of para-hydroxylation sites is 1. The molecule has 0 aliphatic carbocycles. The molecule has 180 valence electrons. The fraction of sp³-hybridized carbons (Fsp3) is 0.407. The molecule has 1 aromatic heterocycles. The van der Waals surface area contributed by atoms with E-state index in [1.807, 2.05) is 18.2 Å². The van der Waals surface area contributed by atoms with Crippen molar-refractivity contribution in [1.29, 1.82) is 0 Å². The molecule has 2 heterocycles. The van der Waals surface area contributed by atoms with Gasteiger partial charge in [0.2, 0.25) is 0 Å². The van der Waals surface area contributed by atoms with E-state index in [2.05, 4.69) is 39.4 Å². The van der Waals surface area contributed by atoms with E-state index >= 15 is 8.78 Å². The Kier molecular flexibility index (Phi) is 6.34. The predicted molar refractivity (Wildman–Crippen MR) is 130 cm³/mol. The topological polar surface area (TPSA) is 48.6 Å². The Morgan fingerprint density at radius 1 is 1.12 bits per heavy atom.